The molecule has 2 amide bonds. The van der Waals surface area contributed by atoms with Crippen LogP contribution in [0.2, 0.25) is 0 Å². The predicted octanol–water partition coefficient (Wildman–Crippen LogP) is 3.10. The number of carbonyl (C=O) groups is 2. The Hall–Kier alpha value is -1.26. The molecule has 3 atom stereocenters. The van der Waals surface area contributed by atoms with Crippen LogP contribution >= 0.6 is 0 Å². The molecule has 1 saturated carbocycles. The zero-order chi connectivity index (χ0) is 16.3. The minimum atomic E-state index is -0.813. The second kappa shape index (κ2) is 6.88. The van der Waals surface area contributed by atoms with Crippen molar-refractivity contribution in [2.75, 3.05) is 13.1 Å². The number of hydrogen-bond acceptors (Lipinski definition) is 2. The second-order valence-electron chi connectivity index (χ2n) is 7.53. The van der Waals surface area contributed by atoms with Gasteiger partial charge >= 0.3 is 12.0 Å². The number of carboxylic acids is 1. The third-order valence-corrected chi connectivity index (χ3v) is 5.81. The van der Waals surface area contributed by atoms with Crippen LogP contribution in [0.3, 0.4) is 0 Å². The van der Waals surface area contributed by atoms with Gasteiger partial charge in [-0.3, -0.25) is 4.79 Å². The van der Waals surface area contributed by atoms with Gasteiger partial charge in [0.1, 0.15) is 0 Å². The van der Waals surface area contributed by atoms with Gasteiger partial charge in [0.15, 0.2) is 0 Å². The van der Waals surface area contributed by atoms with E-state index >= 15 is 0 Å². The summed E-state index contributed by atoms with van der Waals surface area (Å²) in [5.41, 5.74) is -0.796. The Morgan fingerprint density at radius 3 is 2.41 bits per heavy atom. The molecular formula is C17H30N2O3. The van der Waals surface area contributed by atoms with E-state index in [4.69, 9.17) is 0 Å². The number of amides is 2. The average Bonchev–Trinajstić information content (AvgIpc) is 2.91. The quantitative estimate of drug-likeness (QED) is 0.838. The lowest BCUT2D eigenvalue weighted by molar-refractivity contribution is -0.147. The van der Waals surface area contributed by atoms with E-state index < -0.39 is 11.4 Å². The predicted molar refractivity (Wildman–Crippen MR) is 85.7 cm³/mol. The molecule has 1 aliphatic heterocycles. The Kier molecular flexibility index (Phi) is 5.35. The number of hydrogen-bond donors (Lipinski definition) is 2. The van der Waals surface area contributed by atoms with Crippen molar-refractivity contribution in [2.24, 2.45) is 17.3 Å². The summed E-state index contributed by atoms with van der Waals surface area (Å²) in [6, 6.07) is 0.0208. The van der Waals surface area contributed by atoms with Crippen LogP contribution in [0.4, 0.5) is 4.79 Å². The lowest BCUT2D eigenvalue weighted by Crippen LogP contribution is -2.47. The first-order chi connectivity index (χ1) is 10.3. The first-order valence-electron chi connectivity index (χ1n) is 8.62. The standard InChI is InChI=1S/C17H30N2O3/c1-12(14-7-5-4-6-8-14)13(2)18-16(22)19-10-9-17(3,11-19)15(20)21/h12-14H,4-11H2,1-3H3,(H,18,22)(H,20,21). The molecule has 2 aliphatic rings. The van der Waals surface area contributed by atoms with Gasteiger partial charge in [-0.2, -0.15) is 0 Å². The molecule has 2 fully saturated rings. The van der Waals surface area contributed by atoms with E-state index in [1.807, 2.05) is 0 Å². The van der Waals surface area contributed by atoms with Crippen LogP contribution < -0.4 is 5.32 Å². The molecule has 0 bridgehead atoms. The van der Waals surface area contributed by atoms with Crippen LogP contribution in [-0.4, -0.2) is 41.1 Å². The molecule has 5 nitrogen and oxygen atoms in total. The summed E-state index contributed by atoms with van der Waals surface area (Å²) in [6.45, 7) is 6.85. The van der Waals surface area contributed by atoms with Crippen molar-refractivity contribution in [1.82, 2.24) is 10.2 Å². The van der Waals surface area contributed by atoms with E-state index in [-0.39, 0.29) is 12.1 Å². The normalized spacial score (nSPS) is 29.1. The SMILES string of the molecule is CC(NC(=O)N1CCC(C)(C(=O)O)C1)C(C)C1CCCCC1. The topological polar surface area (TPSA) is 69.6 Å². The zero-order valence-electron chi connectivity index (χ0n) is 14.1. The van der Waals surface area contributed by atoms with Gasteiger partial charge < -0.3 is 15.3 Å². The Bertz CT molecular complexity index is 420. The van der Waals surface area contributed by atoms with E-state index in [0.29, 0.717) is 31.3 Å². The van der Waals surface area contributed by atoms with E-state index in [9.17, 15) is 14.7 Å². The summed E-state index contributed by atoms with van der Waals surface area (Å²) >= 11 is 0. The Morgan fingerprint density at radius 2 is 1.86 bits per heavy atom. The molecule has 0 spiro atoms. The molecule has 0 aromatic heterocycles. The third-order valence-electron chi connectivity index (χ3n) is 5.81. The fraction of sp³-hybridized carbons (Fsp3) is 0.882. The van der Waals surface area contributed by atoms with Crippen LogP contribution in [0.25, 0.3) is 0 Å². The van der Waals surface area contributed by atoms with Gasteiger partial charge in [-0.15, -0.1) is 0 Å². The van der Waals surface area contributed by atoms with E-state index in [2.05, 4.69) is 19.2 Å². The Balaban J connectivity index is 1.85. The molecule has 5 heteroatoms. The number of carbonyl (C=O) groups excluding carboxylic acids is 1. The lowest BCUT2D eigenvalue weighted by Gasteiger charge is -2.33. The number of urea groups is 1. The molecule has 2 N–H and O–H groups in total. The maximum atomic E-state index is 12.4. The van der Waals surface area contributed by atoms with E-state index in [0.717, 1.165) is 0 Å². The van der Waals surface area contributed by atoms with Gasteiger partial charge in [-0.05, 0) is 32.1 Å². The highest BCUT2D eigenvalue weighted by molar-refractivity contribution is 5.79. The summed E-state index contributed by atoms with van der Waals surface area (Å²) < 4.78 is 0. The molecule has 0 aromatic carbocycles. The van der Waals surface area contributed by atoms with Crippen LogP contribution in [-0.2, 0) is 4.79 Å². The summed E-state index contributed by atoms with van der Waals surface area (Å²) in [4.78, 5) is 25.3. The minimum Gasteiger partial charge on any atom is -0.481 e. The number of rotatable bonds is 4. The van der Waals surface area contributed by atoms with Crippen molar-refractivity contribution < 1.29 is 14.7 Å². The lowest BCUT2D eigenvalue weighted by atomic mass is 9.78. The summed E-state index contributed by atoms with van der Waals surface area (Å²) in [5, 5.41) is 12.3. The molecule has 126 valence electrons. The molecule has 22 heavy (non-hydrogen) atoms. The fourth-order valence-corrected chi connectivity index (χ4v) is 3.79. The van der Waals surface area contributed by atoms with Crippen molar-refractivity contribution in [3.8, 4) is 0 Å². The number of aliphatic carboxylic acids is 1. The van der Waals surface area contributed by atoms with E-state index in [1.165, 1.54) is 32.1 Å². The fourth-order valence-electron chi connectivity index (χ4n) is 3.79. The number of nitrogens with zero attached hydrogens (tertiary/aromatic N) is 1. The van der Waals surface area contributed by atoms with Crippen molar-refractivity contribution in [3.05, 3.63) is 0 Å². The molecule has 1 saturated heterocycles. The van der Waals surface area contributed by atoms with Crippen molar-refractivity contribution in [3.63, 3.8) is 0 Å². The van der Waals surface area contributed by atoms with Crippen LogP contribution in [0, 0.1) is 17.3 Å². The van der Waals surface area contributed by atoms with Gasteiger partial charge in [0, 0.05) is 19.1 Å². The first-order valence-corrected chi connectivity index (χ1v) is 8.62. The van der Waals surface area contributed by atoms with Crippen molar-refractivity contribution in [2.45, 2.75) is 65.3 Å². The highest BCUT2D eigenvalue weighted by Crippen LogP contribution is 2.32. The summed E-state index contributed by atoms with van der Waals surface area (Å²) in [7, 11) is 0. The number of nitrogens with one attached hydrogen (secondary N) is 1. The van der Waals surface area contributed by atoms with Crippen molar-refractivity contribution >= 4 is 12.0 Å². The van der Waals surface area contributed by atoms with Gasteiger partial charge in [0.05, 0.1) is 5.41 Å². The van der Waals surface area contributed by atoms with Crippen LogP contribution in [0.5, 0.6) is 0 Å². The first kappa shape index (κ1) is 17.1. The monoisotopic (exact) mass is 310 g/mol. The van der Waals surface area contributed by atoms with Crippen LogP contribution in [0.15, 0.2) is 0 Å². The van der Waals surface area contributed by atoms with Gasteiger partial charge in [0.2, 0.25) is 0 Å². The molecule has 0 radical (unpaired) electrons. The molecule has 1 heterocycles. The maximum absolute atomic E-state index is 12.4. The van der Waals surface area contributed by atoms with Gasteiger partial charge in [-0.25, -0.2) is 4.79 Å². The Labute approximate surface area is 133 Å². The number of likely N-dealkylation sites (tertiary alicyclic amines) is 1. The van der Waals surface area contributed by atoms with Crippen molar-refractivity contribution in [1.29, 1.82) is 0 Å². The highest BCUT2D eigenvalue weighted by Gasteiger charge is 2.42. The van der Waals surface area contributed by atoms with Gasteiger partial charge in [-0.1, -0.05) is 39.0 Å². The van der Waals surface area contributed by atoms with Gasteiger partial charge in [0.25, 0.3) is 0 Å². The zero-order valence-corrected chi connectivity index (χ0v) is 14.1. The number of carboxylic acid groups (broad SMARTS) is 1. The largest absolute Gasteiger partial charge is 0.481 e. The highest BCUT2D eigenvalue weighted by atomic mass is 16.4. The third kappa shape index (κ3) is 3.73. The van der Waals surface area contributed by atoms with E-state index in [1.54, 1.807) is 11.8 Å². The van der Waals surface area contributed by atoms with Crippen LogP contribution in [0.1, 0.15) is 59.3 Å². The molecule has 3 unspecified atom stereocenters. The molecular weight excluding hydrogens is 280 g/mol. The minimum absolute atomic E-state index is 0.111. The smallest absolute Gasteiger partial charge is 0.317 e. The average molecular weight is 310 g/mol. The molecule has 1 aliphatic carbocycles. The molecule has 2 rings (SSSR count). The second-order valence-corrected chi connectivity index (χ2v) is 7.53. The maximum Gasteiger partial charge on any atom is 0.317 e. The summed E-state index contributed by atoms with van der Waals surface area (Å²) in [5.74, 6) is 0.357. The molecule has 0 aromatic rings. The summed E-state index contributed by atoms with van der Waals surface area (Å²) in [6.07, 6.45) is 7.01. The Morgan fingerprint density at radius 1 is 1.23 bits per heavy atom.